The minimum atomic E-state index is -0.105. The molecule has 7 heteroatoms. The molecule has 3 fully saturated rings. The molecule has 2 atom stereocenters. The van der Waals surface area contributed by atoms with Crippen LogP contribution in [-0.4, -0.2) is 73.1 Å². The number of carbonyl (C=O) groups excluding carboxylic acids is 2. The van der Waals surface area contributed by atoms with Crippen LogP contribution in [0, 0.1) is 5.92 Å². The molecule has 0 aromatic heterocycles. The molecule has 3 aliphatic rings. The van der Waals surface area contributed by atoms with E-state index in [0.29, 0.717) is 49.2 Å². The van der Waals surface area contributed by atoms with Crippen molar-refractivity contribution < 1.29 is 14.3 Å². The molecule has 4 rings (SSSR count). The van der Waals surface area contributed by atoms with Crippen LogP contribution in [0.1, 0.15) is 48.9 Å². The van der Waals surface area contributed by atoms with Gasteiger partial charge in [0.1, 0.15) is 0 Å². The van der Waals surface area contributed by atoms with E-state index in [0.717, 1.165) is 32.3 Å². The molecule has 2 heterocycles. The van der Waals surface area contributed by atoms with Gasteiger partial charge < -0.3 is 15.0 Å². The van der Waals surface area contributed by atoms with Crippen LogP contribution in [0.25, 0.3) is 0 Å². The molecule has 1 aromatic carbocycles. The highest BCUT2D eigenvalue weighted by Crippen LogP contribution is 2.31. The van der Waals surface area contributed by atoms with Crippen LogP contribution in [-0.2, 0) is 9.53 Å². The highest BCUT2D eigenvalue weighted by molar-refractivity contribution is 6.33. The summed E-state index contributed by atoms with van der Waals surface area (Å²) in [4.78, 5) is 30.2. The average Bonchev–Trinajstić information content (AvgIpc) is 3.47. The van der Waals surface area contributed by atoms with Crippen LogP contribution < -0.4 is 5.32 Å². The zero-order valence-corrected chi connectivity index (χ0v) is 18.3. The van der Waals surface area contributed by atoms with Crippen molar-refractivity contribution in [2.45, 2.75) is 50.7 Å². The first-order valence-electron chi connectivity index (χ1n) is 11.3. The monoisotopic (exact) mass is 433 g/mol. The lowest BCUT2D eigenvalue weighted by atomic mass is 9.94. The third-order valence-corrected chi connectivity index (χ3v) is 7.07. The number of hydrogen-bond acceptors (Lipinski definition) is 4. The fraction of sp³-hybridized carbons (Fsp3) is 0.652. The summed E-state index contributed by atoms with van der Waals surface area (Å²) in [5, 5.41) is 3.65. The van der Waals surface area contributed by atoms with Gasteiger partial charge >= 0.3 is 0 Å². The Morgan fingerprint density at radius 2 is 1.80 bits per heavy atom. The van der Waals surface area contributed by atoms with Gasteiger partial charge in [0.15, 0.2) is 0 Å². The van der Waals surface area contributed by atoms with Gasteiger partial charge in [-0.15, -0.1) is 0 Å². The molecule has 2 saturated heterocycles. The molecule has 0 bridgehead atoms. The molecule has 1 N–H and O–H groups in total. The van der Waals surface area contributed by atoms with Crippen LogP contribution in [0.3, 0.4) is 0 Å². The normalized spacial score (nSPS) is 24.2. The Balaban J connectivity index is 1.37. The van der Waals surface area contributed by atoms with E-state index < -0.39 is 0 Å². The van der Waals surface area contributed by atoms with Gasteiger partial charge in [0.2, 0.25) is 5.91 Å². The predicted octanol–water partition coefficient (Wildman–Crippen LogP) is 2.95. The quantitative estimate of drug-likeness (QED) is 0.749. The second kappa shape index (κ2) is 10.1. The van der Waals surface area contributed by atoms with E-state index in [1.54, 1.807) is 12.1 Å². The van der Waals surface area contributed by atoms with Gasteiger partial charge in [0.05, 0.1) is 22.7 Å². The van der Waals surface area contributed by atoms with E-state index in [1.165, 1.54) is 12.8 Å². The lowest BCUT2D eigenvalue weighted by molar-refractivity contribution is -0.129. The summed E-state index contributed by atoms with van der Waals surface area (Å²) in [7, 11) is 0. The highest BCUT2D eigenvalue weighted by Gasteiger charge is 2.37. The van der Waals surface area contributed by atoms with Crippen LogP contribution in [0.15, 0.2) is 24.3 Å². The van der Waals surface area contributed by atoms with E-state index in [2.05, 4.69) is 10.2 Å². The fourth-order valence-electron chi connectivity index (χ4n) is 5.08. The Morgan fingerprint density at radius 3 is 2.47 bits per heavy atom. The molecule has 2 aliphatic heterocycles. The second-order valence-corrected chi connectivity index (χ2v) is 9.08. The molecule has 2 amide bonds. The number of amides is 2. The third-order valence-electron chi connectivity index (χ3n) is 6.74. The van der Waals surface area contributed by atoms with E-state index in [4.69, 9.17) is 16.3 Å². The van der Waals surface area contributed by atoms with Crippen molar-refractivity contribution in [3.63, 3.8) is 0 Å². The van der Waals surface area contributed by atoms with Crippen molar-refractivity contribution in [1.82, 2.24) is 15.1 Å². The molecule has 1 aliphatic carbocycles. The Kier molecular flexibility index (Phi) is 7.28. The SMILES string of the molecule is O=C(NC[C@@H]1CCCO1)[C@H](C1CCCC1)N1CCN(C(=O)c2ccccc2Cl)CC1. The number of carbonyl (C=O) groups is 2. The molecule has 1 saturated carbocycles. The molecule has 0 unspecified atom stereocenters. The summed E-state index contributed by atoms with van der Waals surface area (Å²) in [6.45, 7) is 4.06. The lowest BCUT2D eigenvalue weighted by Crippen LogP contribution is -2.58. The summed E-state index contributed by atoms with van der Waals surface area (Å²) in [6.07, 6.45) is 6.87. The van der Waals surface area contributed by atoms with Gasteiger partial charge in [-0.2, -0.15) is 0 Å². The zero-order valence-electron chi connectivity index (χ0n) is 17.5. The Bertz CT molecular complexity index is 739. The van der Waals surface area contributed by atoms with Crippen molar-refractivity contribution in [3.8, 4) is 0 Å². The Hall–Kier alpha value is -1.63. The van der Waals surface area contributed by atoms with Gasteiger partial charge in [-0.25, -0.2) is 0 Å². The van der Waals surface area contributed by atoms with Crippen LogP contribution in [0.2, 0.25) is 5.02 Å². The van der Waals surface area contributed by atoms with Crippen molar-refractivity contribution in [2.75, 3.05) is 39.3 Å². The molecule has 0 radical (unpaired) electrons. The minimum absolute atomic E-state index is 0.0273. The number of nitrogens with zero attached hydrogens (tertiary/aromatic N) is 2. The van der Waals surface area contributed by atoms with Crippen molar-refractivity contribution in [1.29, 1.82) is 0 Å². The number of ether oxygens (including phenoxy) is 1. The summed E-state index contributed by atoms with van der Waals surface area (Å²) in [5.41, 5.74) is 0.550. The van der Waals surface area contributed by atoms with Crippen LogP contribution in [0.4, 0.5) is 0 Å². The molecular weight excluding hydrogens is 402 g/mol. The minimum Gasteiger partial charge on any atom is -0.376 e. The number of halogens is 1. The van der Waals surface area contributed by atoms with Gasteiger partial charge in [0, 0.05) is 39.3 Å². The number of benzene rings is 1. The number of rotatable bonds is 6. The summed E-state index contributed by atoms with van der Waals surface area (Å²) < 4.78 is 5.66. The van der Waals surface area contributed by atoms with Crippen LogP contribution in [0.5, 0.6) is 0 Å². The summed E-state index contributed by atoms with van der Waals surface area (Å²) in [6, 6.07) is 7.09. The van der Waals surface area contributed by atoms with E-state index in [9.17, 15) is 9.59 Å². The highest BCUT2D eigenvalue weighted by atomic mass is 35.5. The number of hydrogen-bond donors (Lipinski definition) is 1. The van der Waals surface area contributed by atoms with Crippen molar-refractivity contribution >= 4 is 23.4 Å². The summed E-state index contributed by atoms with van der Waals surface area (Å²) >= 11 is 6.21. The van der Waals surface area contributed by atoms with Gasteiger partial charge in [-0.05, 0) is 43.7 Å². The van der Waals surface area contributed by atoms with Crippen LogP contribution >= 0.6 is 11.6 Å². The fourth-order valence-corrected chi connectivity index (χ4v) is 5.30. The maximum atomic E-state index is 13.2. The maximum Gasteiger partial charge on any atom is 0.255 e. The van der Waals surface area contributed by atoms with Crippen molar-refractivity contribution in [2.24, 2.45) is 5.92 Å². The molecule has 164 valence electrons. The third kappa shape index (κ3) is 4.98. The van der Waals surface area contributed by atoms with Gasteiger partial charge in [0.25, 0.3) is 5.91 Å². The number of nitrogens with one attached hydrogen (secondary N) is 1. The first-order chi connectivity index (χ1) is 14.6. The topological polar surface area (TPSA) is 61.9 Å². The molecule has 6 nitrogen and oxygen atoms in total. The molecular formula is C23H32ClN3O3. The summed E-state index contributed by atoms with van der Waals surface area (Å²) in [5.74, 6) is 0.504. The standard InChI is InChI=1S/C23H32ClN3O3/c24-20-10-4-3-9-19(20)23(29)27-13-11-26(12-14-27)21(17-6-1-2-7-17)22(28)25-16-18-8-5-15-30-18/h3-4,9-10,17-18,21H,1-2,5-8,11-16H2,(H,25,28)/t18-,21-/m0/s1. The lowest BCUT2D eigenvalue weighted by Gasteiger charge is -2.41. The maximum absolute atomic E-state index is 13.2. The average molecular weight is 434 g/mol. The van der Waals surface area contributed by atoms with E-state index >= 15 is 0 Å². The Labute approximate surface area is 183 Å². The Morgan fingerprint density at radius 1 is 1.07 bits per heavy atom. The molecule has 0 spiro atoms. The largest absolute Gasteiger partial charge is 0.376 e. The first kappa shape index (κ1) is 21.6. The van der Waals surface area contributed by atoms with Gasteiger partial charge in [-0.1, -0.05) is 36.6 Å². The first-order valence-corrected chi connectivity index (χ1v) is 11.7. The number of piperazine rings is 1. The van der Waals surface area contributed by atoms with Crippen molar-refractivity contribution in [3.05, 3.63) is 34.9 Å². The van der Waals surface area contributed by atoms with Gasteiger partial charge in [-0.3, -0.25) is 14.5 Å². The molecule has 1 aromatic rings. The van der Waals surface area contributed by atoms with E-state index in [-0.39, 0.29) is 24.0 Å². The predicted molar refractivity (Wildman–Crippen MR) is 117 cm³/mol. The zero-order chi connectivity index (χ0) is 20.9. The molecule has 30 heavy (non-hydrogen) atoms. The smallest absolute Gasteiger partial charge is 0.255 e. The second-order valence-electron chi connectivity index (χ2n) is 8.68. The van der Waals surface area contributed by atoms with E-state index in [1.807, 2.05) is 17.0 Å².